The first kappa shape index (κ1) is 16.4. The molecule has 3 rings (SSSR count). The monoisotopic (exact) mass is 341 g/mol. The summed E-state index contributed by atoms with van der Waals surface area (Å²) in [6, 6.07) is 4.82. The SMILES string of the molecule is C=S1CCN(Cc2ccc(C3=NN=C(C(F)F)C3)cc2F)CC1. The van der Waals surface area contributed by atoms with Gasteiger partial charge in [0.1, 0.15) is 11.5 Å². The first-order valence-corrected chi connectivity index (χ1v) is 9.16. The summed E-state index contributed by atoms with van der Waals surface area (Å²) >= 11 is 0. The van der Waals surface area contributed by atoms with E-state index < -0.39 is 6.43 Å². The number of halogens is 3. The molecule has 0 radical (unpaired) electrons. The van der Waals surface area contributed by atoms with Gasteiger partial charge >= 0.3 is 0 Å². The van der Waals surface area contributed by atoms with Gasteiger partial charge in [-0.2, -0.15) is 20.7 Å². The van der Waals surface area contributed by atoms with Crippen LogP contribution in [-0.4, -0.2) is 53.2 Å². The Hall–Kier alpha value is -1.47. The van der Waals surface area contributed by atoms with Crippen LogP contribution in [-0.2, 0) is 6.54 Å². The molecule has 1 aromatic rings. The van der Waals surface area contributed by atoms with Crippen LogP contribution in [0.3, 0.4) is 0 Å². The predicted octanol–water partition coefficient (Wildman–Crippen LogP) is 3.16. The van der Waals surface area contributed by atoms with Crippen LogP contribution in [0.2, 0.25) is 0 Å². The second-order valence-corrected chi connectivity index (χ2v) is 7.76. The first-order valence-electron chi connectivity index (χ1n) is 7.42. The van der Waals surface area contributed by atoms with Gasteiger partial charge in [-0.3, -0.25) is 4.90 Å². The summed E-state index contributed by atoms with van der Waals surface area (Å²) in [5.74, 6) is 5.88. The van der Waals surface area contributed by atoms with E-state index in [0.717, 1.165) is 24.6 Å². The average molecular weight is 341 g/mol. The number of hydrogen-bond acceptors (Lipinski definition) is 3. The molecule has 0 bridgehead atoms. The second-order valence-electron chi connectivity index (χ2n) is 5.72. The third-order valence-electron chi connectivity index (χ3n) is 4.07. The normalized spacial score (nSPS) is 20.0. The zero-order chi connectivity index (χ0) is 16.4. The van der Waals surface area contributed by atoms with Crippen LogP contribution < -0.4 is 0 Å². The summed E-state index contributed by atoms with van der Waals surface area (Å²) in [7, 11) is 0.238. The van der Waals surface area contributed by atoms with Gasteiger partial charge in [-0.25, -0.2) is 13.2 Å². The first-order chi connectivity index (χ1) is 11.0. The maximum Gasteiger partial charge on any atom is 0.278 e. The molecule has 0 aromatic heterocycles. The maximum atomic E-state index is 14.3. The van der Waals surface area contributed by atoms with Crippen LogP contribution in [0.1, 0.15) is 17.5 Å². The van der Waals surface area contributed by atoms with Crippen molar-refractivity contribution in [3.63, 3.8) is 0 Å². The van der Waals surface area contributed by atoms with Crippen molar-refractivity contribution < 1.29 is 13.2 Å². The van der Waals surface area contributed by atoms with E-state index in [0.29, 0.717) is 23.4 Å². The molecule has 2 aliphatic rings. The quantitative estimate of drug-likeness (QED) is 0.773. The van der Waals surface area contributed by atoms with E-state index in [2.05, 4.69) is 21.0 Å². The minimum Gasteiger partial charge on any atom is -0.297 e. The molecule has 23 heavy (non-hydrogen) atoms. The lowest BCUT2D eigenvalue weighted by atomic mass is 10.0. The maximum absolute atomic E-state index is 14.3. The van der Waals surface area contributed by atoms with E-state index >= 15 is 0 Å². The molecule has 2 aliphatic heterocycles. The molecule has 0 saturated carbocycles. The van der Waals surface area contributed by atoms with Crippen molar-refractivity contribution in [2.24, 2.45) is 10.2 Å². The summed E-state index contributed by atoms with van der Waals surface area (Å²) in [6.07, 6.45) is -2.63. The Kier molecular flexibility index (Phi) is 4.96. The van der Waals surface area contributed by atoms with Gasteiger partial charge in [-0.15, -0.1) is 0 Å². The minimum atomic E-state index is -2.61. The van der Waals surface area contributed by atoms with Gasteiger partial charge in [0.05, 0.1) is 5.71 Å². The van der Waals surface area contributed by atoms with Gasteiger partial charge in [0.2, 0.25) is 0 Å². The van der Waals surface area contributed by atoms with Crippen molar-refractivity contribution in [1.29, 1.82) is 0 Å². The fraction of sp³-hybridized carbons (Fsp3) is 0.438. The van der Waals surface area contributed by atoms with Crippen LogP contribution in [0.4, 0.5) is 13.2 Å². The molecule has 0 spiro atoms. The molecular weight excluding hydrogens is 323 g/mol. The minimum absolute atomic E-state index is 0.0195. The predicted molar refractivity (Wildman–Crippen MR) is 90.7 cm³/mol. The number of hydrogen-bond donors (Lipinski definition) is 0. The number of rotatable bonds is 4. The lowest BCUT2D eigenvalue weighted by Gasteiger charge is -2.28. The molecule has 0 amide bonds. The molecule has 1 fully saturated rings. The van der Waals surface area contributed by atoms with E-state index in [1.54, 1.807) is 12.1 Å². The smallest absolute Gasteiger partial charge is 0.278 e. The third kappa shape index (κ3) is 3.90. The Balaban J connectivity index is 1.66. The highest BCUT2D eigenvalue weighted by molar-refractivity contribution is 8.14. The van der Waals surface area contributed by atoms with E-state index in [1.165, 1.54) is 6.07 Å². The molecule has 1 saturated heterocycles. The summed E-state index contributed by atoms with van der Waals surface area (Å²) in [5, 5.41) is 7.21. The fourth-order valence-electron chi connectivity index (χ4n) is 2.63. The summed E-state index contributed by atoms with van der Waals surface area (Å²) in [4.78, 5) is 2.22. The van der Waals surface area contributed by atoms with E-state index in [-0.39, 0.29) is 28.4 Å². The summed E-state index contributed by atoms with van der Waals surface area (Å²) < 4.78 is 39.5. The largest absolute Gasteiger partial charge is 0.297 e. The summed E-state index contributed by atoms with van der Waals surface area (Å²) in [6.45, 7) is 2.44. The number of nitrogens with zero attached hydrogens (tertiary/aromatic N) is 3. The second kappa shape index (κ2) is 6.97. The standard InChI is InChI=1S/C16H18F3N3S/c1-23-6-4-22(5-7-23)10-12-3-2-11(8-13(12)17)14-9-15(16(18)19)21-20-14/h2-3,8,16H,1,4-7,9-10H2. The Morgan fingerprint density at radius 1 is 1.22 bits per heavy atom. The van der Waals surface area contributed by atoms with Crippen molar-refractivity contribution in [3.8, 4) is 0 Å². The highest BCUT2D eigenvalue weighted by Crippen LogP contribution is 2.21. The van der Waals surface area contributed by atoms with Crippen molar-refractivity contribution in [3.05, 3.63) is 35.1 Å². The average Bonchev–Trinajstić information content (AvgIpc) is 3.01. The molecule has 7 heteroatoms. The molecule has 0 aliphatic carbocycles. The zero-order valence-corrected chi connectivity index (χ0v) is 13.5. The Morgan fingerprint density at radius 3 is 2.57 bits per heavy atom. The van der Waals surface area contributed by atoms with E-state index in [4.69, 9.17) is 0 Å². The molecule has 2 heterocycles. The topological polar surface area (TPSA) is 28.0 Å². The van der Waals surface area contributed by atoms with E-state index in [1.807, 2.05) is 0 Å². The molecule has 0 unspecified atom stereocenters. The lowest BCUT2D eigenvalue weighted by Crippen LogP contribution is -2.33. The van der Waals surface area contributed by atoms with Crippen molar-refractivity contribution in [2.75, 3.05) is 24.6 Å². The van der Waals surface area contributed by atoms with Crippen LogP contribution >= 0.6 is 10.5 Å². The molecule has 0 N–H and O–H groups in total. The van der Waals surface area contributed by atoms with Gasteiger partial charge in [0, 0.05) is 48.7 Å². The van der Waals surface area contributed by atoms with Crippen LogP contribution in [0.15, 0.2) is 28.4 Å². The molecule has 3 nitrogen and oxygen atoms in total. The van der Waals surface area contributed by atoms with Gasteiger partial charge < -0.3 is 0 Å². The van der Waals surface area contributed by atoms with Gasteiger partial charge in [-0.1, -0.05) is 18.0 Å². The fourth-order valence-corrected chi connectivity index (χ4v) is 3.87. The zero-order valence-electron chi connectivity index (χ0n) is 12.6. The van der Waals surface area contributed by atoms with Crippen LogP contribution in [0, 0.1) is 5.82 Å². The number of alkyl halides is 2. The molecular formula is C16H18F3N3S. The molecule has 124 valence electrons. The molecule has 1 aromatic carbocycles. The Bertz CT molecular complexity index is 675. The van der Waals surface area contributed by atoms with Crippen molar-refractivity contribution in [2.45, 2.75) is 19.4 Å². The molecule has 0 atom stereocenters. The van der Waals surface area contributed by atoms with Gasteiger partial charge in [-0.05, 0) is 6.07 Å². The number of benzene rings is 1. The van der Waals surface area contributed by atoms with Crippen molar-refractivity contribution in [1.82, 2.24) is 4.90 Å². The Morgan fingerprint density at radius 2 is 1.96 bits per heavy atom. The highest BCUT2D eigenvalue weighted by Gasteiger charge is 2.22. The van der Waals surface area contributed by atoms with E-state index in [9.17, 15) is 13.2 Å². The lowest BCUT2D eigenvalue weighted by molar-refractivity contribution is 0.224. The van der Waals surface area contributed by atoms with Gasteiger partial charge in [0.15, 0.2) is 0 Å². The third-order valence-corrected chi connectivity index (χ3v) is 5.59. The highest BCUT2D eigenvalue weighted by atomic mass is 32.2. The van der Waals surface area contributed by atoms with Crippen LogP contribution in [0.25, 0.3) is 0 Å². The Labute approximate surface area is 135 Å². The van der Waals surface area contributed by atoms with Gasteiger partial charge in [0.25, 0.3) is 6.43 Å². The van der Waals surface area contributed by atoms with Crippen molar-refractivity contribution >= 4 is 27.8 Å². The summed E-state index contributed by atoms with van der Waals surface area (Å²) in [5.41, 5.74) is 1.27. The van der Waals surface area contributed by atoms with Crippen LogP contribution in [0.5, 0.6) is 0 Å².